The second kappa shape index (κ2) is 5.60. The van der Waals surface area contributed by atoms with Crippen molar-refractivity contribution in [1.29, 1.82) is 0 Å². The van der Waals surface area contributed by atoms with Crippen molar-refractivity contribution in [2.24, 2.45) is 0 Å². The molecule has 1 fully saturated rings. The highest BCUT2D eigenvalue weighted by molar-refractivity contribution is 8.01. The predicted octanol–water partition coefficient (Wildman–Crippen LogP) is 3.12. The van der Waals surface area contributed by atoms with Crippen LogP contribution in [0.2, 0.25) is 0 Å². The highest BCUT2D eigenvalue weighted by Crippen LogP contribution is 2.41. The van der Waals surface area contributed by atoms with Gasteiger partial charge in [-0.25, -0.2) is 8.42 Å². The van der Waals surface area contributed by atoms with E-state index in [1.165, 1.54) is 0 Å². The maximum atomic E-state index is 12.7. The van der Waals surface area contributed by atoms with Crippen LogP contribution >= 0.6 is 11.8 Å². The van der Waals surface area contributed by atoms with Crippen molar-refractivity contribution in [3.63, 3.8) is 0 Å². The third kappa shape index (κ3) is 2.49. The molecule has 0 bridgehead atoms. The molecule has 5 heteroatoms. The predicted molar refractivity (Wildman–Crippen MR) is 82.0 cm³/mol. The van der Waals surface area contributed by atoms with E-state index in [2.05, 4.69) is 0 Å². The van der Waals surface area contributed by atoms with Crippen molar-refractivity contribution in [3.05, 3.63) is 66.2 Å². The molecule has 0 spiro atoms. The third-order valence-corrected chi connectivity index (χ3v) is 6.56. The van der Waals surface area contributed by atoms with Crippen LogP contribution in [0.15, 0.2) is 65.6 Å². The van der Waals surface area contributed by atoms with Gasteiger partial charge in [-0.05, 0) is 17.7 Å². The quantitative estimate of drug-likeness (QED) is 0.874. The summed E-state index contributed by atoms with van der Waals surface area (Å²) in [5, 5.41) is -0.124. The van der Waals surface area contributed by atoms with Gasteiger partial charge in [0.1, 0.15) is 0 Å². The summed E-state index contributed by atoms with van der Waals surface area (Å²) >= 11 is 1.67. The second-order valence-electron chi connectivity index (χ2n) is 4.56. The van der Waals surface area contributed by atoms with Crippen molar-refractivity contribution in [2.45, 2.75) is 10.3 Å². The van der Waals surface area contributed by atoms with Gasteiger partial charge < -0.3 is 0 Å². The van der Waals surface area contributed by atoms with Gasteiger partial charge in [0.15, 0.2) is 0 Å². The lowest BCUT2D eigenvalue weighted by Gasteiger charge is -2.23. The summed E-state index contributed by atoms with van der Waals surface area (Å²) in [7, 11) is -3.42. The Morgan fingerprint density at radius 3 is 2.20 bits per heavy atom. The van der Waals surface area contributed by atoms with Crippen LogP contribution in [0.4, 0.5) is 0 Å². The number of benzene rings is 2. The van der Waals surface area contributed by atoms with Crippen LogP contribution in [-0.4, -0.2) is 25.0 Å². The average Bonchev–Trinajstić information content (AvgIpc) is 2.99. The van der Waals surface area contributed by atoms with E-state index in [0.717, 1.165) is 11.3 Å². The lowest BCUT2D eigenvalue weighted by atomic mass is 10.2. The molecule has 1 saturated heterocycles. The first-order valence-electron chi connectivity index (χ1n) is 6.43. The Hall–Kier alpha value is -1.30. The molecule has 0 aliphatic carbocycles. The van der Waals surface area contributed by atoms with Gasteiger partial charge in [0.05, 0.1) is 10.3 Å². The summed E-state index contributed by atoms with van der Waals surface area (Å²) in [5.74, 6) is 0.825. The second-order valence-corrected chi connectivity index (χ2v) is 7.64. The van der Waals surface area contributed by atoms with Gasteiger partial charge in [-0.1, -0.05) is 48.5 Å². The molecule has 1 aliphatic rings. The van der Waals surface area contributed by atoms with E-state index < -0.39 is 10.0 Å². The van der Waals surface area contributed by atoms with E-state index >= 15 is 0 Å². The topological polar surface area (TPSA) is 37.4 Å². The Morgan fingerprint density at radius 1 is 0.950 bits per heavy atom. The van der Waals surface area contributed by atoms with Crippen LogP contribution in [0.3, 0.4) is 0 Å². The van der Waals surface area contributed by atoms with Crippen LogP contribution in [0.5, 0.6) is 0 Å². The minimum Gasteiger partial charge on any atom is -0.207 e. The number of thioether (sulfide) groups is 1. The van der Waals surface area contributed by atoms with Crippen LogP contribution in [-0.2, 0) is 10.0 Å². The molecule has 0 amide bonds. The minimum atomic E-state index is -3.42. The molecular weight excluding hydrogens is 290 g/mol. The highest BCUT2D eigenvalue weighted by Gasteiger charge is 2.36. The fourth-order valence-corrected chi connectivity index (χ4v) is 5.57. The standard InChI is InChI=1S/C15H15NO2S2/c17-20(18,14-9-5-2-6-10-14)16-11-12-19-15(16)13-7-3-1-4-8-13/h1-10,15H,11-12H2/t15-/m0/s1. The molecule has 0 unspecified atom stereocenters. The Balaban J connectivity index is 1.97. The summed E-state index contributed by atoms with van der Waals surface area (Å²) in [6, 6.07) is 18.4. The molecule has 3 nitrogen and oxygen atoms in total. The summed E-state index contributed by atoms with van der Waals surface area (Å²) < 4.78 is 27.1. The van der Waals surface area contributed by atoms with Gasteiger partial charge in [-0.15, -0.1) is 11.8 Å². The number of hydrogen-bond acceptors (Lipinski definition) is 3. The molecule has 0 radical (unpaired) electrons. The molecule has 3 rings (SSSR count). The normalized spacial score (nSPS) is 20.1. The fourth-order valence-electron chi connectivity index (χ4n) is 2.31. The Kier molecular flexibility index (Phi) is 3.83. The first kappa shape index (κ1) is 13.7. The first-order chi connectivity index (χ1) is 9.69. The monoisotopic (exact) mass is 305 g/mol. The van der Waals surface area contributed by atoms with Crippen molar-refractivity contribution in [2.75, 3.05) is 12.3 Å². The summed E-state index contributed by atoms with van der Waals surface area (Å²) in [4.78, 5) is 0.364. The molecule has 1 atom stereocenters. The Labute approximate surface area is 123 Å². The molecule has 2 aromatic rings. The van der Waals surface area contributed by atoms with Crippen molar-refractivity contribution in [1.82, 2.24) is 4.31 Å². The molecule has 1 aliphatic heterocycles. The van der Waals surface area contributed by atoms with E-state index in [9.17, 15) is 8.42 Å². The van der Waals surface area contributed by atoms with Gasteiger partial charge >= 0.3 is 0 Å². The number of hydrogen-bond donors (Lipinski definition) is 0. The average molecular weight is 305 g/mol. The minimum absolute atomic E-state index is 0.124. The lowest BCUT2D eigenvalue weighted by molar-refractivity contribution is 0.434. The van der Waals surface area contributed by atoms with E-state index in [4.69, 9.17) is 0 Å². The zero-order valence-electron chi connectivity index (χ0n) is 10.8. The smallest absolute Gasteiger partial charge is 0.207 e. The molecule has 2 aromatic carbocycles. The highest BCUT2D eigenvalue weighted by atomic mass is 32.2. The lowest BCUT2D eigenvalue weighted by Crippen LogP contribution is -2.30. The van der Waals surface area contributed by atoms with Crippen molar-refractivity contribution < 1.29 is 8.42 Å². The summed E-state index contributed by atoms with van der Waals surface area (Å²) in [5.41, 5.74) is 1.04. The maximum absolute atomic E-state index is 12.7. The van der Waals surface area contributed by atoms with Crippen molar-refractivity contribution in [3.8, 4) is 0 Å². The van der Waals surface area contributed by atoms with Crippen LogP contribution in [0, 0.1) is 0 Å². The molecule has 0 saturated carbocycles. The molecule has 0 N–H and O–H groups in total. The molecule has 0 aromatic heterocycles. The number of rotatable bonds is 3. The van der Waals surface area contributed by atoms with Crippen LogP contribution in [0.1, 0.15) is 10.9 Å². The van der Waals surface area contributed by atoms with Gasteiger partial charge in [0.2, 0.25) is 10.0 Å². The van der Waals surface area contributed by atoms with Crippen LogP contribution < -0.4 is 0 Å². The van der Waals surface area contributed by atoms with E-state index in [1.54, 1.807) is 40.3 Å². The van der Waals surface area contributed by atoms with E-state index in [-0.39, 0.29) is 5.37 Å². The Morgan fingerprint density at radius 2 is 1.55 bits per heavy atom. The van der Waals surface area contributed by atoms with E-state index in [1.807, 2.05) is 36.4 Å². The molecular formula is C15H15NO2S2. The van der Waals surface area contributed by atoms with E-state index in [0.29, 0.717) is 11.4 Å². The number of sulfonamides is 1. The largest absolute Gasteiger partial charge is 0.244 e. The molecule has 104 valence electrons. The maximum Gasteiger partial charge on any atom is 0.244 e. The SMILES string of the molecule is O=S(=O)(c1ccccc1)N1CCS[C@H]1c1ccccc1. The van der Waals surface area contributed by atoms with Crippen molar-refractivity contribution >= 4 is 21.8 Å². The summed E-state index contributed by atoms with van der Waals surface area (Å²) in [6.07, 6.45) is 0. The van der Waals surface area contributed by atoms with Gasteiger partial charge in [0, 0.05) is 12.3 Å². The first-order valence-corrected chi connectivity index (χ1v) is 8.92. The number of nitrogens with zero attached hydrogens (tertiary/aromatic N) is 1. The third-order valence-electron chi connectivity index (χ3n) is 3.28. The van der Waals surface area contributed by atoms with Crippen LogP contribution in [0.25, 0.3) is 0 Å². The summed E-state index contributed by atoms with van der Waals surface area (Å²) in [6.45, 7) is 0.557. The van der Waals surface area contributed by atoms with Gasteiger partial charge in [-0.2, -0.15) is 4.31 Å². The fraction of sp³-hybridized carbons (Fsp3) is 0.200. The Bertz CT molecular complexity index is 672. The van der Waals surface area contributed by atoms with Gasteiger partial charge in [0.25, 0.3) is 0 Å². The molecule has 1 heterocycles. The zero-order chi connectivity index (χ0) is 14.0. The van der Waals surface area contributed by atoms with Gasteiger partial charge in [-0.3, -0.25) is 0 Å². The molecule has 20 heavy (non-hydrogen) atoms. The zero-order valence-corrected chi connectivity index (χ0v) is 12.5.